The number of piperidine rings is 1. The van der Waals surface area contributed by atoms with Gasteiger partial charge >= 0.3 is 0 Å². The summed E-state index contributed by atoms with van der Waals surface area (Å²) in [4.78, 5) is 8.50. The third-order valence-corrected chi connectivity index (χ3v) is 2.42. The maximum Gasteiger partial charge on any atom is 0.223 e. The van der Waals surface area contributed by atoms with Crippen molar-refractivity contribution in [3.8, 4) is 0 Å². The van der Waals surface area contributed by atoms with Gasteiger partial charge in [0.2, 0.25) is 5.95 Å². The van der Waals surface area contributed by atoms with E-state index in [-0.39, 0.29) is 0 Å². The van der Waals surface area contributed by atoms with Crippen molar-refractivity contribution < 1.29 is 0 Å². The first kappa shape index (κ1) is 12.9. The van der Waals surface area contributed by atoms with Gasteiger partial charge in [-0.3, -0.25) is 0 Å². The van der Waals surface area contributed by atoms with Crippen molar-refractivity contribution in [3.63, 3.8) is 0 Å². The van der Waals surface area contributed by atoms with Crippen LogP contribution < -0.4 is 10.6 Å². The minimum Gasteiger partial charge on any atom is -0.350 e. The van der Waals surface area contributed by atoms with Crippen LogP contribution in [0.3, 0.4) is 0 Å². The lowest BCUT2D eigenvalue weighted by atomic mass is 10.1. The topological polar surface area (TPSA) is 49.8 Å². The van der Waals surface area contributed by atoms with Gasteiger partial charge in [0.1, 0.15) is 0 Å². The summed E-state index contributed by atoms with van der Waals surface area (Å²) in [5.74, 6) is 0.749. The predicted octanol–water partition coefficient (Wildman–Crippen LogP) is 1.98. The molecule has 1 aromatic heterocycles. The van der Waals surface area contributed by atoms with Gasteiger partial charge in [0.05, 0.1) is 0 Å². The molecule has 1 fully saturated rings. The summed E-state index contributed by atoms with van der Waals surface area (Å²) in [6, 6.07) is 2.38. The number of nitrogens with one attached hydrogen (secondary N) is 2. The fourth-order valence-electron chi connectivity index (χ4n) is 1.68. The Morgan fingerprint density at radius 3 is 2.88 bits per heavy atom. The van der Waals surface area contributed by atoms with Gasteiger partial charge in [-0.2, -0.15) is 0 Å². The SMILES string of the molecule is CC.Cc1ccnc(NC2CCCNC2)n1. The van der Waals surface area contributed by atoms with Crippen molar-refractivity contribution in [1.29, 1.82) is 0 Å². The Kier molecular flexibility index (Phi) is 5.78. The van der Waals surface area contributed by atoms with E-state index < -0.39 is 0 Å². The number of hydrogen-bond donors (Lipinski definition) is 2. The van der Waals surface area contributed by atoms with Gasteiger partial charge in [-0.25, -0.2) is 9.97 Å². The molecule has 0 aromatic carbocycles. The van der Waals surface area contributed by atoms with Crippen molar-refractivity contribution in [3.05, 3.63) is 18.0 Å². The van der Waals surface area contributed by atoms with Gasteiger partial charge in [0.25, 0.3) is 0 Å². The van der Waals surface area contributed by atoms with Crippen LogP contribution in [0.4, 0.5) is 5.95 Å². The lowest BCUT2D eigenvalue weighted by Gasteiger charge is -2.23. The minimum absolute atomic E-state index is 0.477. The molecule has 1 unspecified atom stereocenters. The van der Waals surface area contributed by atoms with E-state index in [1.54, 1.807) is 6.20 Å². The third kappa shape index (κ3) is 4.14. The summed E-state index contributed by atoms with van der Waals surface area (Å²) < 4.78 is 0. The Balaban J connectivity index is 0.000000606. The van der Waals surface area contributed by atoms with E-state index in [0.717, 1.165) is 24.7 Å². The van der Waals surface area contributed by atoms with E-state index >= 15 is 0 Å². The summed E-state index contributed by atoms with van der Waals surface area (Å²) in [5.41, 5.74) is 1.01. The Morgan fingerprint density at radius 1 is 1.44 bits per heavy atom. The first-order valence-corrected chi connectivity index (χ1v) is 6.11. The number of aromatic nitrogens is 2. The summed E-state index contributed by atoms with van der Waals surface area (Å²) in [5, 5.41) is 6.69. The highest BCUT2D eigenvalue weighted by Crippen LogP contribution is 2.07. The molecule has 1 aromatic rings. The lowest BCUT2D eigenvalue weighted by Crippen LogP contribution is -2.38. The molecular weight excluding hydrogens is 200 g/mol. The van der Waals surface area contributed by atoms with Crippen LogP contribution in [-0.2, 0) is 0 Å². The molecule has 1 atom stereocenters. The number of anilines is 1. The summed E-state index contributed by atoms with van der Waals surface area (Å²) in [6.45, 7) is 8.12. The van der Waals surface area contributed by atoms with Crippen LogP contribution in [0.5, 0.6) is 0 Å². The van der Waals surface area contributed by atoms with Crippen molar-refractivity contribution in [2.24, 2.45) is 0 Å². The Bertz CT molecular complexity index is 295. The Hall–Kier alpha value is -1.16. The second-order valence-corrected chi connectivity index (χ2v) is 3.71. The van der Waals surface area contributed by atoms with Crippen molar-refractivity contribution in [2.75, 3.05) is 18.4 Å². The molecule has 1 saturated heterocycles. The van der Waals surface area contributed by atoms with E-state index in [2.05, 4.69) is 20.6 Å². The van der Waals surface area contributed by atoms with Crippen molar-refractivity contribution in [2.45, 2.75) is 39.7 Å². The highest BCUT2D eigenvalue weighted by atomic mass is 15.1. The first-order chi connectivity index (χ1) is 7.84. The zero-order chi connectivity index (χ0) is 11.8. The molecule has 0 amide bonds. The fraction of sp³-hybridized carbons (Fsp3) is 0.667. The number of aryl methyl sites for hydroxylation is 1. The molecule has 90 valence electrons. The van der Waals surface area contributed by atoms with Gasteiger partial charge in [0.15, 0.2) is 0 Å². The maximum atomic E-state index is 4.32. The van der Waals surface area contributed by atoms with E-state index in [4.69, 9.17) is 0 Å². The smallest absolute Gasteiger partial charge is 0.223 e. The molecule has 0 bridgehead atoms. The van der Waals surface area contributed by atoms with E-state index in [1.165, 1.54) is 12.8 Å². The minimum atomic E-state index is 0.477. The van der Waals surface area contributed by atoms with Gasteiger partial charge in [-0.15, -0.1) is 0 Å². The van der Waals surface area contributed by atoms with Crippen molar-refractivity contribution in [1.82, 2.24) is 15.3 Å². The van der Waals surface area contributed by atoms with E-state index in [9.17, 15) is 0 Å². The first-order valence-electron chi connectivity index (χ1n) is 6.11. The average Bonchev–Trinajstić information content (AvgIpc) is 2.33. The average molecular weight is 222 g/mol. The second-order valence-electron chi connectivity index (χ2n) is 3.71. The van der Waals surface area contributed by atoms with Crippen LogP contribution in [0.15, 0.2) is 12.3 Å². The monoisotopic (exact) mass is 222 g/mol. The molecule has 1 aliphatic heterocycles. The number of hydrogen-bond acceptors (Lipinski definition) is 4. The Morgan fingerprint density at radius 2 is 2.25 bits per heavy atom. The van der Waals surface area contributed by atoms with E-state index in [1.807, 2.05) is 26.8 Å². The largest absolute Gasteiger partial charge is 0.350 e. The molecule has 0 spiro atoms. The van der Waals surface area contributed by atoms with Gasteiger partial charge < -0.3 is 10.6 Å². The van der Waals surface area contributed by atoms with Crippen LogP contribution in [-0.4, -0.2) is 29.1 Å². The van der Waals surface area contributed by atoms with E-state index in [0.29, 0.717) is 6.04 Å². The zero-order valence-corrected chi connectivity index (χ0v) is 10.5. The molecule has 2 heterocycles. The molecule has 0 radical (unpaired) electrons. The molecule has 4 heteroatoms. The fourth-order valence-corrected chi connectivity index (χ4v) is 1.68. The maximum absolute atomic E-state index is 4.32. The molecule has 2 rings (SSSR count). The summed E-state index contributed by atoms with van der Waals surface area (Å²) >= 11 is 0. The second kappa shape index (κ2) is 7.17. The highest BCUT2D eigenvalue weighted by Gasteiger charge is 2.12. The van der Waals surface area contributed by atoms with Crippen LogP contribution in [0.2, 0.25) is 0 Å². The highest BCUT2D eigenvalue weighted by molar-refractivity contribution is 5.26. The van der Waals surface area contributed by atoms with Gasteiger partial charge in [-0.1, -0.05) is 13.8 Å². The zero-order valence-electron chi connectivity index (χ0n) is 10.5. The van der Waals surface area contributed by atoms with Crippen LogP contribution in [0.1, 0.15) is 32.4 Å². The van der Waals surface area contributed by atoms with Gasteiger partial charge in [0, 0.05) is 24.5 Å². The van der Waals surface area contributed by atoms with Crippen molar-refractivity contribution >= 4 is 5.95 Å². The third-order valence-electron chi connectivity index (χ3n) is 2.42. The standard InChI is InChI=1S/C10H16N4.C2H6/c1-8-4-6-12-10(13-8)14-9-3-2-5-11-7-9;1-2/h4,6,9,11H,2-3,5,7H2,1H3,(H,12,13,14);1-2H3. The molecule has 4 nitrogen and oxygen atoms in total. The lowest BCUT2D eigenvalue weighted by molar-refractivity contribution is 0.478. The normalized spacial score (nSPS) is 19.6. The predicted molar refractivity (Wildman–Crippen MR) is 67.6 cm³/mol. The quantitative estimate of drug-likeness (QED) is 0.803. The molecular formula is C12H22N4. The molecule has 0 aliphatic carbocycles. The summed E-state index contributed by atoms with van der Waals surface area (Å²) in [6.07, 6.45) is 4.22. The number of rotatable bonds is 2. The van der Waals surface area contributed by atoms with Crippen LogP contribution in [0.25, 0.3) is 0 Å². The van der Waals surface area contributed by atoms with Gasteiger partial charge in [-0.05, 0) is 32.4 Å². The summed E-state index contributed by atoms with van der Waals surface area (Å²) in [7, 11) is 0. The van der Waals surface area contributed by atoms with Crippen LogP contribution in [0, 0.1) is 6.92 Å². The number of nitrogens with zero attached hydrogens (tertiary/aromatic N) is 2. The van der Waals surface area contributed by atoms with Crippen LogP contribution >= 0.6 is 0 Å². The molecule has 1 aliphatic rings. The molecule has 2 N–H and O–H groups in total. The Labute approximate surface area is 97.9 Å². The molecule has 0 saturated carbocycles. The molecule has 16 heavy (non-hydrogen) atoms.